The second-order valence-electron chi connectivity index (χ2n) is 4.96. The van der Waals surface area contributed by atoms with Crippen LogP contribution in [-0.4, -0.2) is 18.2 Å². The molecule has 0 aliphatic rings. The molecule has 4 N–H and O–H groups in total. The van der Waals surface area contributed by atoms with Crippen LogP contribution in [0.25, 0.3) is 20.2 Å². The van der Waals surface area contributed by atoms with E-state index >= 15 is 0 Å². The monoisotopic (exact) mass is 428 g/mol. The molecule has 3 rings (SSSR count). The molecule has 0 saturated heterocycles. The Morgan fingerprint density at radius 3 is 2.77 bits per heavy atom. The standard InChI is InChI=1S/C16H16N2O2S.HI/c1-9-2-4-12(18-7-6-17)14-15(20)11-8-10(19)3-5-13(11)21-16(9)14;/h2-5,8,18-19H,6-7,17H2,1H3;1H. The molecule has 2 aromatic carbocycles. The van der Waals surface area contributed by atoms with E-state index in [1.807, 2.05) is 19.1 Å². The largest absolute Gasteiger partial charge is 0.508 e. The second kappa shape index (κ2) is 6.80. The van der Waals surface area contributed by atoms with Crippen molar-refractivity contribution in [2.75, 3.05) is 18.4 Å². The number of phenolic OH excluding ortho intramolecular Hbond substituents is 1. The van der Waals surface area contributed by atoms with Gasteiger partial charge in [-0.2, -0.15) is 0 Å². The van der Waals surface area contributed by atoms with Gasteiger partial charge < -0.3 is 16.2 Å². The molecule has 0 aliphatic carbocycles. The number of nitrogens with one attached hydrogen (secondary N) is 1. The Morgan fingerprint density at radius 2 is 2.05 bits per heavy atom. The second-order valence-corrected chi connectivity index (χ2v) is 6.01. The number of aromatic hydroxyl groups is 1. The molecule has 1 aromatic heterocycles. The third-order valence-electron chi connectivity index (χ3n) is 3.46. The Bertz CT molecular complexity index is 893. The lowest BCUT2D eigenvalue weighted by atomic mass is 10.1. The first-order chi connectivity index (χ1) is 10.1. The molecule has 4 nitrogen and oxygen atoms in total. The van der Waals surface area contributed by atoms with Crippen molar-refractivity contribution in [3.05, 3.63) is 46.1 Å². The van der Waals surface area contributed by atoms with Gasteiger partial charge in [0.25, 0.3) is 0 Å². The molecule has 1 heterocycles. The van der Waals surface area contributed by atoms with E-state index in [1.54, 1.807) is 23.5 Å². The smallest absolute Gasteiger partial charge is 0.198 e. The van der Waals surface area contributed by atoms with Crippen LogP contribution in [0.4, 0.5) is 5.69 Å². The number of hydrogen-bond acceptors (Lipinski definition) is 5. The van der Waals surface area contributed by atoms with Crippen LogP contribution >= 0.6 is 35.3 Å². The highest BCUT2D eigenvalue weighted by molar-refractivity contribution is 14.0. The molecular formula is C16H17IN2O2S. The first-order valence-corrected chi connectivity index (χ1v) is 7.56. The van der Waals surface area contributed by atoms with Crippen molar-refractivity contribution in [3.8, 4) is 5.75 Å². The van der Waals surface area contributed by atoms with Crippen LogP contribution in [0.1, 0.15) is 5.56 Å². The number of phenols is 1. The van der Waals surface area contributed by atoms with Crippen LogP contribution in [-0.2, 0) is 0 Å². The average molecular weight is 428 g/mol. The van der Waals surface area contributed by atoms with E-state index < -0.39 is 0 Å². The molecule has 22 heavy (non-hydrogen) atoms. The van der Waals surface area contributed by atoms with Crippen molar-refractivity contribution in [2.24, 2.45) is 5.73 Å². The van der Waals surface area contributed by atoms with Crippen molar-refractivity contribution in [2.45, 2.75) is 6.92 Å². The number of hydrogen-bond donors (Lipinski definition) is 3. The highest BCUT2D eigenvalue weighted by Gasteiger charge is 2.12. The van der Waals surface area contributed by atoms with Crippen molar-refractivity contribution in [3.63, 3.8) is 0 Å². The predicted octanol–water partition coefficient (Wildman–Crippen LogP) is 3.42. The number of aryl methyl sites for hydroxylation is 1. The Labute approximate surface area is 149 Å². The molecular weight excluding hydrogens is 411 g/mol. The maximum Gasteiger partial charge on any atom is 0.198 e. The summed E-state index contributed by atoms with van der Waals surface area (Å²) >= 11 is 1.57. The van der Waals surface area contributed by atoms with E-state index in [4.69, 9.17) is 5.73 Å². The van der Waals surface area contributed by atoms with Gasteiger partial charge in [-0.15, -0.1) is 35.3 Å². The van der Waals surface area contributed by atoms with Gasteiger partial charge in [0.2, 0.25) is 0 Å². The molecule has 0 atom stereocenters. The third kappa shape index (κ3) is 2.90. The molecule has 0 saturated carbocycles. The lowest BCUT2D eigenvalue weighted by Gasteiger charge is -2.11. The molecule has 116 valence electrons. The van der Waals surface area contributed by atoms with Crippen molar-refractivity contribution in [1.29, 1.82) is 0 Å². The minimum atomic E-state index is -0.0575. The van der Waals surface area contributed by atoms with Crippen LogP contribution in [0, 0.1) is 6.92 Å². The van der Waals surface area contributed by atoms with Gasteiger partial charge in [0.15, 0.2) is 5.43 Å². The minimum Gasteiger partial charge on any atom is -0.508 e. The molecule has 0 amide bonds. The third-order valence-corrected chi connectivity index (χ3v) is 4.77. The predicted molar refractivity (Wildman–Crippen MR) is 105 cm³/mol. The summed E-state index contributed by atoms with van der Waals surface area (Å²) in [5, 5.41) is 14.1. The SMILES string of the molecule is Cc1ccc(NCCN)c2c(=O)c3cc(O)ccc3sc12.I. The normalized spacial score (nSPS) is 10.6. The summed E-state index contributed by atoms with van der Waals surface area (Å²) in [5.74, 6) is 0.107. The number of nitrogens with two attached hydrogens (primary N) is 1. The van der Waals surface area contributed by atoms with E-state index in [2.05, 4.69) is 5.32 Å². The summed E-state index contributed by atoms with van der Waals surface area (Å²) in [7, 11) is 0. The van der Waals surface area contributed by atoms with Gasteiger partial charge in [-0.1, -0.05) is 6.07 Å². The Balaban J connectivity index is 0.00000176. The Morgan fingerprint density at radius 1 is 1.27 bits per heavy atom. The summed E-state index contributed by atoms with van der Waals surface area (Å²) in [5.41, 5.74) is 7.34. The maximum absolute atomic E-state index is 12.8. The topological polar surface area (TPSA) is 75.3 Å². The molecule has 3 aromatic rings. The molecule has 0 unspecified atom stereocenters. The first kappa shape index (κ1) is 17.0. The summed E-state index contributed by atoms with van der Waals surface area (Å²) in [6.07, 6.45) is 0. The van der Waals surface area contributed by atoms with Gasteiger partial charge in [0.05, 0.1) is 5.39 Å². The average Bonchev–Trinajstić information content (AvgIpc) is 2.48. The van der Waals surface area contributed by atoms with Gasteiger partial charge >= 0.3 is 0 Å². The van der Waals surface area contributed by atoms with Gasteiger partial charge in [0, 0.05) is 33.6 Å². The fourth-order valence-electron chi connectivity index (χ4n) is 2.43. The minimum absolute atomic E-state index is 0. The summed E-state index contributed by atoms with van der Waals surface area (Å²) in [6, 6.07) is 8.84. The zero-order valence-corrected chi connectivity index (χ0v) is 15.2. The molecule has 0 aliphatic heterocycles. The zero-order chi connectivity index (χ0) is 15.0. The Hall–Kier alpha value is -1.38. The van der Waals surface area contributed by atoms with E-state index in [0.29, 0.717) is 23.9 Å². The molecule has 0 fully saturated rings. The van der Waals surface area contributed by atoms with Crippen molar-refractivity contribution >= 4 is 61.2 Å². The van der Waals surface area contributed by atoms with E-state index in [-0.39, 0.29) is 35.2 Å². The molecule has 0 radical (unpaired) electrons. The van der Waals surface area contributed by atoms with Crippen LogP contribution < -0.4 is 16.5 Å². The lowest BCUT2D eigenvalue weighted by Crippen LogP contribution is -2.15. The molecule has 0 spiro atoms. The van der Waals surface area contributed by atoms with Crippen LogP contribution in [0.15, 0.2) is 35.1 Å². The van der Waals surface area contributed by atoms with E-state index in [9.17, 15) is 9.90 Å². The first-order valence-electron chi connectivity index (χ1n) is 6.75. The number of halogens is 1. The summed E-state index contributed by atoms with van der Waals surface area (Å²) in [4.78, 5) is 12.8. The quantitative estimate of drug-likeness (QED) is 0.442. The number of fused-ring (bicyclic) bond motifs is 2. The van der Waals surface area contributed by atoms with Crippen LogP contribution in [0.5, 0.6) is 5.75 Å². The maximum atomic E-state index is 12.8. The van der Waals surface area contributed by atoms with Gasteiger partial charge in [0.1, 0.15) is 5.75 Å². The lowest BCUT2D eigenvalue weighted by molar-refractivity contribution is 0.476. The zero-order valence-electron chi connectivity index (χ0n) is 12.1. The van der Waals surface area contributed by atoms with E-state index in [0.717, 1.165) is 20.7 Å². The summed E-state index contributed by atoms with van der Waals surface area (Å²) < 4.78 is 1.85. The highest BCUT2D eigenvalue weighted by atomic mass is 127. The van der Waals surface area contributed by atoms with E-state index in [1.165, 1.54) is 6.07 Å². The highest BCUT2D eigenvalue weighted by Crippen LogP contribution is 2.32. The van der Waals surface area contributed by atoms with Crippen molar-refractivity contribution in [1.82, 2.24) is 0 Å². The van der Waals surface area contributed by atoms with Crippen LogP contribution in [0.3, 0.4) is 0 Å². The molecule has 6 heteroatoms. The number of benzene rings is 2. The summed E-state index contributed by atoms with van der Waals surface area (Å²) in [6.45, 7) is 3.11. The fraction of sp³-hybridized carbons (Fsp3) is 0.188. The fourth-order valence-corrected chi connectivity index (χ4v) is 3.58. The number of anilines is 1. The van der Waals surface area contributed by atoms with Gasteiger partial charge in [-0.05, 0) is 36.8 Å². The van der Waals surface area contributed by atoms with Crippen molar-refractivity contribution < 1.29 is 5.11 Å². The molecule has 0 bridgehead atoms. The van der Waals surface area contributed by atoms with Crippen LogP contribution in [0.2, 0.25) is 0 Å². The van der Waals surface area contributed by atoms with Gasteiger partial charge in [-0.3, -0.25) is 4.79 Å². The number of rotatable bonds is 3. The van der Waals surface area contributed by atoms with Gasteiger partial charge in [-0.25, -0.2) is 0 Å². The Kier molecular flexibility index (Phi) is 5.25.